The van der Waals surface area contributed by atoms with Crippen LogP contribution < -0.4 is 0 Å². The van der Waals surface area contributed by atoms with Crippen molar-refractivity contribution in [2.75, 3.05) is 5.75 Å². The first-order valence-electron chi connectivity index (χ1n) is 6.46. The van der Waals surface area contributed by atoms with E-state index >= 15 is 0 Å². The average Bonchev–Trinajstić information content (AvgIpc) is 2.24. The van der Waals surface area contributed by atoms with Gasteiger partial charge in [-0.3, -0.25) is 4.21 Å². The monoisotopic (exact) mass is 244 g/mol. The van der Waals surface area contributed by atoms with E-state index in [4.69, 9.17) is 0 Å². The van der Waals surface area contributed by atoms with Crippen molar-refractivity contribution in [2.45, 2.75) is 64.0 Å². The minimum Gasteiger partial charge on any atom is -0.300 e. The minimum atomic E-state index is -0.653. The van der Waals surface area contributed by atoms with Crippen LogP contribution in [0.15, 0.2) is 0 Å². The number of carbonyl (C=O) groups excluding carboxylic acids is 1. The highest BCUT2D eigenvalue weighted by Gasteiger charge is 2.23. The fourth-order valence-corrected chi connectivity index (χ4v) is 4.20. The normalized spacial score (nSPS) is 27.6. The molecule has 1 rings (SSSR count). The van der Waals surface area contributed by atoms with E-state index in [0.29, 0.717) is 11.7 Å². The van der Waals surface area contributed by atoms with E-state index in [2.05, 4.69) is 6.92 Å². The van der Waals surface area contributed by atoms with Crippen molar-refractivity contribution in [2.24, 2.45) is 5.92 Å². The Morgan fingerprint density at radius 2 is 2.06 bits per heavy atom. The molecular weight excluding hydrogens is 220 g/mol. The molecule has 0 amide bonds. The average molecular weight is 244 g/mol. The standard InChI is InChI=1S/C13H24O2S/c1-11-6-5-8-13(10-11)16(15)9-4-3-7-12(2)14/h11,13H,3-10H2,1-2H3. The summed E-state index contributed by atoms with van der Waals surface area (Å²) >= 11 is 0. The second kappa shape index (κ2) is 7.21. The summed E-state index contributed by atoms with van der Waals surface area (Å²) in [4.78, 5) is 10.8. The van der Waals surface area contributed by atoms with Gasteiger partial charge in [0.1, 0.15) is 5.78 Å². The summed E-state index contributed by atoms with van der Waals surface area (Å²) in [6, 6.07) is 0. The Morgan fingerprint density at radius 1 is 1.31 bits per heavy atom. The number of ketones is 1. The molecule has 1 saturated carbocycles. The van der Waals surface area contributed by atoms with Crippen molar-refractivity contribution < 1.29 is 9.00 Å². The van der Waals surface area contributed by atoms with Gasteiger partial charge in [-0.1, -0.05) is 19.8 Å². The highest BCUT2D eigenvalue weighted by Crippen LogP contribution is 2.27. The molecule has 0 bridgehead atoms. The molecule has 1 fully saturated rings. The number of Topliss-reactive ketones (excluding diaryl/α,β-unsaturated/α-hetero) is 1. The molecule has 1 aliphatic rings. The lowest BCUT2D eigenvalue weighted by Crippen LogP contribution is -2.24. The summed E-state index contributed by atoms with van der Waals surface area (Å²) in [6.07, 6.45) is 7.32. The molecule has 16 heavy (non-hydrogen) atoms. The summed E-state index contributed by atoms with van der Waals surface area (Å²) in [5.74, 6) is 1.79. The molecule has 94 valence electrons. The first kappa shape index (κ1) is 13.9. The van der Waals surface area contributed by atoms with E-state index in [1.807, 2.05) is 0 Å². The van der Waals surface area contributed by atoms with Crippen LogP contribution in [0, 0.1) is 5.92 Å². The summed E-state index contributed by atoms with van der Waals surface area (Å²) < 4.78 is 12.0. The van der Waals surface area contributed by atoms with E-state index < -0.39 is 10.8 Å². The second-order valence-electron chi connectivity index (χ2n) is 5.14. The van der Waals surface area contributed by atoms with Crippen LogP contribution in [0.2, 0.25) is 0 Å². The Morgan fingerprint density at radius 3 is 2.69 bits per heavy atom. The van der Waals surface area contributed by atoms with Crippen LogP contribution in [0.4, 0.5) is 0 Å². The van der Waals surface area contributed by atoms with Crippen molar-refractivity contribution in [3.8, 4) is 0 Å². The fraction of sp³-hybridized carbons (Fsp3) is 0.923. The van der Waals surface area contributed by atoms with Crippen molar-refractivity contribution in [3.63, 3.8) is 0 Å². The molecule has 0 heterocycles. The van der Waals surface area contributed by atoms with E-state index in [-0.39, 0.29) is 5.78 Å². The Hall–Kier alpha value is -0.180. The van der Waals surface area contributed by atoms with Gasteiger partial charge in [-0.15, -0.1) is 0 Å². The van der Waals surface area contributed by atoms with Crippen molar-refractivity contribution >= 4 is 16.6 Å². The Bertz CT molecular complexity index is 250. The van der Waals surface area contributed by atoms with Crippen LogP contribution in [0.3, 0.4) is 0 Å². The van der Waals surface area contributed by atoms with Crippen molar-refractivity contribution in [1.29, 1.82) is 0 Å². The largest absolute Gasteiger partial charge is 0.300 e. The van der Waals surface area contributed by atoms with Crippen LogP contribution in [-0.2, 0) is 15.6 Å². The number of unbranched alkanes of at least 4 members (excludes halogenated alkanes) is 1. The van der Waals surface area contributed by atoms with Gasteiger partial charge < -0.3 is 4.79 Å². The molecule has 0 aromatic rings. The van der Waals surface area contributed by atoms with Crippen LogP contribution in [0.1, 0.15) is 58.8 Å². The number of carbonyl (C=O) groups is 1. The van der Waals surface area contributed by atoms with Crippen LogP contribution in [0.25, 0.3) is 0 Å². The Labute approximate surface area is 102 Å². The maximum absolute atomic E-state index is 12.0. The van der Waals surface area contributed by atoms with Crippen LogP contribution in [0.5, 0.6) is 0 Å². The topological polar surface area (TPSA) is 34.1 Å². The molecule has 2 nitrogen and oxygen atoms in total. The molecule has 0 saturated heterocycles. The summed E-state index contributed by atoms with van der Waals surface area (Å²) in [6.45, 7) is 3.89. The molecule has 3 unspecified atom stereocenters. The maximum Gasteiger partial charge on any atom is 0.129 e. The third-order valence-corrected chi connectivity index (χ3v) is 5.25. The molecule has 0 aromatic heterocycles. The Kier molecular flexibility index (Phi) is 6.25. The van der Waals surface area contributed by atoms with Gasteiger partial charge in [-0.05, 0) is 38.5 Å². The lowest BCUT2D eigenvalue weighted by atomic mass is 9.91. The zero-order chi connectivity index (χ0) is 12.0. The predicted molar refractivity (Wildman–Crippen MR) is 69.0 cm³/mol. The van der Waals surface area contributed by atoms with Gasteiger partial charge in [-0.25, -0.2) is 0 Å². The maximum atomic E-state index is 12.0. The van der Waals surface area contributed by atoms with E-state index in [9.17, 15) is 9.00 Å². The van der Waals surface area contributed by atoms with Gasteiger partial charge in [0.15, 0.2) is 0 Å². The quantitative estimate of drug-likeness (QED) is 0.673. The first-order valence-corrected chi connectivity index (χ1v) is 7.84. The Balaban J connectivity index is 2.16. The zero-order valence-electron chi connectivity index (χ0n) is 10.5. The van der Waals surface area contributed by atoms with E-state index in [0.717, 1.165) is 37.4 Å². The summed E-state index contributed by atoms with van der Waals surface area (Å²) in [7, 11) is -0.653. The molecule has 1 aliphatic carbocycles. The molecular formula is C13H24O2S. The van der Waals surface area contributed by atoms with Crippen molar-refractivity contribution in [3.05, 3.63) is 0 Å². The number of rotatable bonds is 6. The van der Waals surface area contributed by atoms with Crippen LogP contribution in [-0.4, -0.2) is 21.0 Å². The number of hydrogen-bond donors (Lipinski definition) is 0. The molecule has 3 atom stereocenters. The lowest BCUT2D eigenvalue weighted by molar-refractivity contribution is -0.117. The summed E-state index contributed by atoms with van der Waals surface area (Å²) in [5, 5.41) is 0.432. The van der Waals surface area contributed by atoms with Gasteiger partial charge in [-0.2, -0.15) is 0 Å². The van der Waals surface area contributed by atoms with Crippen molar-refractivity contribution in [1.82, 2.24) is 0 Å². The SMILES string of the molecule is CC(=O)CCCCS(=O)C1CCCC(C)C1. The van der Waals surface area contributed by atoms with E-state index in [1.165, 1.54) is 12.8 Å². The molecule has 0 radical (unpaired) electrons. The summed E-state index contributed by atoms with van der Waals surface area (Å²) in [5.41, 5.74) is 0. The highest BCUT2D eigenvalue weighted by molar-refractivity contribution is 7.85. The minimum absolute atomic E-state index is 0.247. The zero-order valence-corrected chi connectivity index (χ0v) is 11.4. The van der Waals surface area contributed by atoms with E-state index in [1.54, 1.807) is 6.92 Å². The third kappa shape index (κ3) is 5.24. The molecule has 3 heteroatoms. The third-order valence-electron chi connectivity index (χ3n) is 3.38. The molecule has 0 spiro atoms. The van der Waals surface area contributed by atoms with Crippen LogP contribution >= 0.6 is 0 Å². The predicted octanol–water partition coefficient (Wildman–Crippen LogP) is 3.07. The number of hydrogen-bond acceptors (Lipinski definition) is 2. The second-order valence-corrected chi connectivity index (χ2v) is 6.97. The van der Waals surface area contributed by atoms with Gasteiger partial charge in [0.2, 0.25) is 0 Å². The van der Waals surface area contributed by atoms with Gasteiger partial charge in [0.25, 0.3) is 0 Å². The molecule has 0 aromatic carbocycles. The fourth-order valence-electron chi connectivity index (χ4n) is 2.40. The van der Waals surface area contributed by atoms with Gasteiger partial charge in [0, 0.05) is 28.2 Å². The lowest BCUT2D eigenvalue weighted by Gasteiger charge is -2.25. The van der Waals surface area contributed by atoms with Gasteiger partial charge in [0.05, 0.1) is 0 Å². The molecule has 0 N–H and O–H groups in total. The smallest absolute Gasteiger partial charge is 0.129 e. The first-order chi connectivity index (χ1) is 7.59. The molecule has 0 aliphatic heterocycles. The van der Waals surface area contributed by atoms with Gasteiger partial charge >= 0.3 is 0 Å². The highest BCUT2D eigenvalue weighted by atomic mass is 32.2.